The maximum Gasteiger partial charge on any atom is 0.270 e. The highest BCUT2D eigenvalue weighted by molar-refractivity contribution is 5.81. The number of aromatic nitrogens is 4. The van der Waals surface area contributed by atoms with Crippen molar-refractivity contribution in [1.29, 1.82) is 5.26 Å². The topological polar surface area (TPSA) is 121 Å². The highest BCUT2D eigenvalue weighted by Crippen LogP contribution is 2.22. The van der Waals surface area contributed by atoms with Crippen molar-refractivity contribution in [2.45, 2.75) is 19.9 Å². The van der Waals surface area contributed by atoms with E-state index >= 15 is 0 Å². The van der Waals surface area contributed by atoms with Gasteiger partial charge in [-0.2, -0.15) is 10.4 Å². The molecular weight excluding hydrogens is 430 g/mol. The molecule has 0 radical (unpaired) electrons. The van der Waals surface area contributed by atoms with E-state index in [2.05, 4.69) is 32.4 Å². The van der Waals surface area contributed by atoms with Crippen molar-refractivity contribution < 1.29 is 4.74 Å². The first-order chi connectivity index (χ1) is 16.7. The highest BCUT2D eigenvalue weighted by atomic mass is 16.5. The lowest BCUT2D eigenvalue weighted by Crippen LogP contribution is -2.16. The van der Waals surface area contributed by atoms with Gasteiger partial charge in [0, 0.05) is 23.5 Å². The van der Waals surface area contributed by atoms with Crippen molar-refractivity contribution in [3.63, 3.8) is 0 Å². The summed E-state index contributed by atoms with van der Waals surface area (Å²) in [6.45, 7) is 3.31. The fraction of sp³-hybridized carbons (Fsp3) is 0.160. The van der Waals surface area contributed by atoms with Gasteiger partial charge in [0.05, 0.1) is 31.4 Å². The molecule has 0 spiro atoms. The first kappa shape index (κ1) is 22.5. The summed E-state index contributed by atoms with van der Waals surface area (Å²) in [6.07, 6.45) is 7.92. The average molecular weight is 454 g/mol. The van der Waals surface area contributed by atoms with Crippen LogP contribution in [0.3, 0.4) is 0 Å². The number of nitriles is 1. The second-order valence-electron chi connectivity index (χ2n) is 7.44. The molecule has 2 heterocycles. The van der Waals surface area contributed by atoms with E-state index in [0.717, 1.165) is 23.3 Å². The van der Waals surface area contributed by atoms with Gasteiger partial charge in [-0.25, -0.2) is 15.4 Å². The van der Waals surface area contributed by atoms with Gasteiger partial charge in [0.1, 0.15) is 17.4 Å². The summed E-state index contributed by atoms with van der Waals surface area (Å²) in [4.78, 5) is 23.4. The van der Waals surface area contributed by atoms with Gasteiger partial charge in [0.2, 0.25) is 5.95 Å². The molecule has 2 N–H and O–H groups in total. The number of ether oxygens (including phenoxy) is 1. The van der Waals surface area contributed by atoms with Gasteiger partial charge >= 0.3 is 0 Å². The Labute approximate surface area is 196 Å². The number of hydrazone groups is 1. The molecule has 9 nitrogen and oxygen atoms in total. The number of hydrogen-bond donors (Lipinski definition) is 2. The maximum absolute atomic E-state index is 12.4. The molecule has 0 aliphatic heterocycles. The third kappa shape index (κ3) is 5.37. The van der Waals surface area contributed by atoms with Crippen LogP contribution in [0.5, 0.6) is 5.75 Å². The van der Waals surface area contributed by atoms with Crippen LogP contribution < -0.4 is 15.7 Å². The number of hydrogen-bond acceptors (Lipinski definition) is 7. The fourth-order valence-corrected chi connectivity index (χ4v) is 3.34. The Balaban J connectivity index is 1.57. The summed E-state index contributed by atoms with van der Waals surface area (Å²) >= 11 is 0. The fourth-order valence-electron chi connectivity index (χ4n) is 3.34. The molecule has 0 atom stereocenters. The van der Waals surface area contributed by atoms with Crippen LogP contribution in [0.25, 0.3) is 11.3 Å². The van der Waals surface area contributed by atoms with Gasteiger partial charge in [-0.3, -0.25) is 9.78 Å². The molecule has 34 heavy (non-hydrogen) atoms. The largest absolute Gasteiger partial charge is 0.493 e. The smallest absolute Gasteiger partial charge is 0.270 e. The molecule has 0 aliphatic carbocycles. The Morgan fingerprint density at radius 2 is 2.12 bits per heavy atom. The molecule has 9 heteroatoms. The van der Waals surface area contributed by atoms with Crippen molar-refractivity contribution in [3.8, 4) is 23.1 Å². The Bertz CT molecular complexity index is 1370. The number of anilines is 1. The number of nitrogens with zero attached hydrogens (tertiary/aromatic N) is 5. The number of aromatic amines is 1. The van der Waals surface area contributed by atoms with E-state index in [-0.39, 0.29) is 11.5 Å². The monoisotopic (exact) mass is 453 g/mol. The summed E-state index contributed by atoms with van der Waals surface area (Å²) in [5.41, 5.74) is 4.97. The van der Waals surface area contributed by atoms with Gasteiger partial charge in [-0.05, 0) is 30.2 Å². The van der Waals surface area contributed by atoms with Crippen LogP contribution in [0.1, 0.15) is 30.0 Å². The SMILES string of the molecule is CCCOc1ccc(C=NNc2nc(-c3ccccc3)c(C#N)c(=O)[nH]2)cc1Cn1ccnc1. The number of nitrogens with one attached hydrogen (secondary N) is 2. The normalized spacial score (nSPS) is 10.8. The summed E-state index contributed by atoms with van der Waals surface area (Å²) in [7, 11) is 0. The van der Waals surface area contributed by atoms with Crippen molar-refractivity contribution in [2.75, 3.05) is 12.0 Å². The zero-order valence-electron chi connectivity index (χ0n) is 18.6. The molecule has 2 aromatic carbocycles. The molecule has 4 aromatic rings. The minimum absolute atomic E-state index is 0.0486. The maximum atomic E-state index is 12.4. The molecule has 2 aromatic heterocycles. The number of H-pyrrole nitrogens is 1. The van der Waals surface area contributed by atoms with Crippen LogP contribution in [0, 0.1) is 11.3 Å². The van der Waals surface area contributed by atoms with E-state index in [9.17, 15) is 10.1 Å². The van der Waals surface area contributed by atoms with Gasteiger partial charge < -0.3 is 9.30 Å². The summed E-state index contributed by atoms with van der Waals surface area (Å²) in [5, 5.41) is 13.6. The lowest BCUT2D eigenvalue weighted by molar-refractivity contribution is 0.313. The standard InChI is InChI=1S/C25H23N7O2/c1-2-12-34-22-9-8-18(13-20(22)16-32-11-10-27-17-32)15-28-31-25-29-23(19-6-4-3-5-7-19)21(14-26)24(33)30-25/h3-11,13,15,17H,2,12,16H2,1H3,(H2,29,30,31,33). The van der Waals surface area contributed by atoms with Crippen LogP contribution in [-0.4, -0.2) is 32.3 Å². The molecule has 170 valence electrons. The van der Waals surface area contributed by atoms with Crippen LogP contribution >= 0.6 is 0 Å². The highest BCUT2D eigenvalue weighted by Gasteiger charge is 2.13. The predicted octanol–water partition coefficient (Wildman–Crippen LogP) is 3.79. The molecule has 0 bridgehead atoms. The van der Waals surface area contributed by atoms with Crippen LogP contribution in [-0.2, 0) is 6.54 Å². The molecule has 0 fully saturated rings. The quantitative estimate of drug-likeness (QED) is 0.294. The van der Waals surface area contributed by atoms with E-state index < -0.39 is 5.56 Å². The summed E-state index contributed by atoms with van der Waals surface area (Å²) in [6, 6.07) is 16.8. The minimum Gasteiger partial charge on any atom is -0.493 e. The van der Waals surface area contributed by atoms with Crippen LogP contribution in [0.15, 0.2) is 77.1 Å². The lowest BCUT2D eigenvalue weighted by atomic mass is 10.1. The third-order valence-electron chi connectivity index (χ3n) is 4.92. The van der Waals surface area contributed by atoms with E-state index in [1.165, 1.54) is 0 Å². The van der Waals surface area contributed by atoms with E-state index in [0.29, 0.717) is 24.4 Å². The molecule has 0 unspecified atom stereocenters. The zero-order valence-corrected chi connectivity index (χ0v) is 18.6. The van der Waals surface area contributed by atoms with Crippen molar-refractivity contribution in [1.82, 2.24) is 19.5 Å². The Morgan fingerprint density at radius 3 is 2.85 bits per heavy atom. The summed E-state index contributed by atoms with van der Waals surface area (Å²) in [5.74, 6) is 0.951. The average Bonchev–Trinajstić information content (AvgIpc) is 3.37. The first-order valence-electron chi connectivity index (χ1n) is 10.8. The third-order valence-corrected chi connectivity index (χ3v) is 4.92. The minimum atomic E-state index is -0.533. The second kappa shape index (κ2) is 10.7. The van der Waals surface area contributed by atoms with E-state index in [1.54, 1.807) is 30.9 Å². The van der Waals surface area contributed by atoms with E-state index in [1.807, 2.05) is 53.2 Å². The lowest BCUT2D eigenvalue weighted by Gasteiger charge is -2.12. The van der Waals surface area contributed by atoms with Gasteiger partial charge in [-0.1, -0.05) is 37.3 Å². The second-order valence-corrected chi connectivity index (χ2v) is 7.44. The Morgan fingerprint density at radius 1 is 1.26 bits per heavy atom. The molecule has 0 aliphatic rings. The van der Waals surface area contributed by atoms with Crippen LogP contribution in [0.4, 0.5) is 5.95 Å². The first-order valence-corrected chi connectivity index (χ1v) is 10.8. The summed E-state index contributed by atoms with van der Waals surface area (Å²) < 4.78 is 7.85. The van der Waals surface area contributed by atoms with Gasteiger partial charge in [0.15, 0.2) is 0 Å². The Hall–Kier alpha value is -4.71. The number of benzene rings is 2. The molecule has 4 rings (SSSR count). The van der Waals surface area contributed by atoms with Gasteiger partial charge in [-0.15, -0.1) is 0 Å². The molecular formula is C25H23N7O2. The molecule has 0 amide bonds. The van der Waals surface area contributed by atoms with E-state index in [4.69, 9.17) is 4.74 Å². The Kier molecular flexibility index (Phi) is 7.10. The van der Waals surface area contributed by atoms with Crippen molar-refractivity contribution >= 4 is 12.2 Å². The predicted molar refractivity (Wildman–Crippen MR) is 130 cm³/mol. The van der Waals surface area contributed by atoms with Crippen molar-refractivity contribution in [3.05, 3.63) is 94.3 Å². The van der Waals surface area contributed by atoms with Crippen LogP contribution in [0.2, 0.25) is 0 Å². The molecule has 0 saturated heterocycles. The number of imidazole rings is 1. The zero-order chi connectivity index (χ0) is 23.8. The van der Waals surface area contributed by atoms with Crippen molar-refractivity contribution in [2.24, 2.45) is 5.10 Å². The number of rotatable bonds is 9. The molecule has 0 saturated carbocycles. The van der Waals surface area contributed by atoms with Gasteiger partial charge in [0.25, 0.3) is 5.56 Å².